The lowest BCUT2D eigenvalue weighted by Gasteiger charge is -2.27. The first-order valence-corrected chi connectivity index (χ1v) is 34.5. The van der Waals surface area contributed by atoms with Crippen molar-refractivity contribution in [2.75, 3.05) is 40.9 Å². The Morgan fingerprint density at radius 2 is 0.792 bits per heavy atom. The van der Waals surface area contributed by atoms with E-state index >= 15 is 0 Å². The number of nitrogens with zero attached hydrogens (tertiary/aromatic N) is 1. The minimum atomic E-state index is -4.45. The van der Waals surface area contributed by atoms with Gasteiger partial charge in [0.1, 0.15) is 19.3 Å². The lowest BCUT2D eigenvalue weighted by atomic mass is 10.0. The first-order chi connectivity index (χ1) is 37.4. The highest BCUT2D eigenvalue weighted by Crippen LogP contribution is 2.43. The van der Waals surface area contributed by atoms with Gasteiger partial charge in [0, 0.05) is 12.8 Å². The van der Waals surface area contributed by atoms with Crippen molar-refractivity contribution in [3.05, 3.63) is 48.6 Å². The van der Waals surface area contributed by atoms with Crippen molar-refractivity contribution >= 4 is 19.7 Å². The van der Waals surface area contributed by atoms with Crippen molar-refractivity contribution in [3.63, 3.8) is 0 Å². The smallest absolute Gasteiger partial charge is 0.456 e. The fourth-order valence-corrected chi connectivity index (χ4v) is 10.4. The summed E-state index contributed by atoms with van der Waals surface area (Å²) in [5.41, 5.74) is 0. The number of carbonyl (C=O) groups excluding carboxylic acids is 2. The minimum Gasteiger partial charge on any atom is -0.456 e. The molecule has 0 fully saturated rings. The van der Waals surface area contributed by atoms with Gasteiger partial charge in [-0.25, -0.2) is 4.57 Å². The van der Waals surface area contributed by atoms with E-state index in [-0.39, 0.29) is 31.5 Å². The molecule has 0 aromatic heterocycles. The lowest BCUT2D eigenvalue weighted by Crippen LogP contribution is -2.47. The third-order valence-electron chi connectivity index (χ3n) is 14.8. The van der Waals surface area contributed by atoms with Crippen LogP contribution in [0.15, 0.2) is 48.6 Å². The first kappa shape index (κ1) is 75.0. The summed E-state index contributed by atoms with van der Waals surface area (Å²) in [6.45, 7) is 7.02. The molecule has 0 aromatic carbocycles. The quantitative estimate of drug-likeness (QED) is 0.0205. The topological polar surface area (TPSA) is 111 Å². The molecule has 0 heterocycles. The zero-order valence-electron chi connectivity index (χ0n) is 51.7. The van der Waals surface area contributed by atoms with E-state index in [4.69, 9.17) is 13.8 Å². The molecular weight excluding hydrogens is 976 g/mol. The van der Waals surface area contributed by atoms with E-state index in [2.05, 4.69) is 62.5 Å². The zero-order valence-corrected chi connectivity index (χ0v) is 52.6. The summed E-state index contributed by atoms with van der Waals surface area (Å²) in [6, 6.07) is -0.847. The monoisotopic (exact) mass is 1100 g/mol. The highest BCUT2D eigenvalue weighted by molar-refractivity contribution is 7.47. The first-order valence-electron chi connectivity index (χ1n) is 33.0. The van der Waals surface area contributed by atoms with Crippen LogP contribution in [-0.4, -0.2) is 74.3 Å². The summed E-state index contributed by atoms with van der Waals surface area (Å²) in [7, 11) is 1.50. The number of rotatable bonds is 60. The van der Waals surface area contributed by atoms with Gasteiger partial charge >= 0.3 is 13.8 Å². The fourth-order valence-electron chi connectivity index (χ4n) is 9.65. The number of nitrogens with one attached hydrogen (secondary N) is 1. The molecule has 9 nitrogen and oxygen atoms in total. The predicted molar refractivity (Wildman–Crippen MR) is 332 cm³/mol. The van der Waals surface area contributed by atoms with E-state index in [9.17, 15) is 19.0 Å². The van der Waals surface area contributed by atoms with Gasteiger partial charge in [0.2, 0.25) is 5.91 Å². The molecule has 0 aliphatic carbocycles. The number of quaternary nitrogens is 1. The highest BCUT2D eigenvalue weighted by atomic mass is 31.2. The maximum Gasteiger partial charge on any atom is 0.472 e. The Labute approximate surface area is 478 Å². The fraction of sp³-hybridized carbons (Fsp3) is 0.851. The average molecular weight is 1100 g/mol. The number of likely N-dealkylation sites (N-methyl/N-ethyl adjacent to an activating group) is 1. The normalized spacial score (nSPS) is 13.9. The number of unbranched alkanes of at least 4 members (excludes halogenated alkanes) is 38. The van der Waals surface area contributed by atoms with Gasteiger partial charge < -0.3 is 19.4 Å². The summed E-state index contributed by atoms with van der Waals surface area (Å²) in [6.07, 6.45) is 71.0. The molecule has 0 radical (unpaired) electrons. The summed E-state index contributed by atoms with van der Waals surface area (Å²) in [5, 5.41) is 3.07. The van der Waals surface area contributed by atoms with E-state index in [1.165, 1.54) is 212 Å². The molecule has 452 valence electrons. The lowest BCUT2D eigenvalue weighted by molar-refractivity contribution is -0.870. The van der Waals surface area contributed by atoms with Crippen LogP contribution < -0.4 is 5.32 Å². The number of allylic oxidation sites excluding steroid dienone is 7. The van der Waals surface area contributed by atoms with Crippen molar-refractivity contribution in [2.24, 2.45) is 0 Å². The van der Waals surface area contributed by atoms with Crippen molar-refractivity contribution < 1.29 is 37.3 Å². The maximum absolute atomic E-state index is 13.6. The molecule has 2 N–H and O–H groups in total. The second-order valence-corrected chi connectivity index (χ2v) is 25.1. The van der Waals surface area contributed by atoms with Crippen LogP contribution >= 0.6 is 7.82 Å². The summed E-state index contributed by atoms with van der Waals surface area (Å²) in [4.78, 5) is 37.8. The van der Waals surface area contributed by atoms with Crippen LogP contribution in [0.1, 0.15) is 316 Å². The van der Waals surface area contributed by atoms with Gasteiger partial charge in [-0.05, 0) is 70.3 Å². The Hall–Kier alpha value is -2.03. The Morgan fingerprint density at radius 3 is 1.21 bits per heavy atom. The van der Waals surface area contributed by atoms with Crippen molar-refractivity contribution in [1.29, 1.82) is 0 Å². The van der Waals surface area contributed by atoms with Crippen LogP contribution in [0, 0.1) is 0 Å². The number of ether oxygens (including phenoxy) is 1. The average Bonchev–Trinajstić information content (AvgIpc) is 3.39. The number of carbonyl (C=O) groups is 2. The molecule has 10 heteroatoms. The third kappa shape index (κ3) is 58.4. The third-order valence-corrected chi connectivity index (χ3v) is 15.8. The van der Waals surface area contributed by atoms with Gasteiger partial charge in [-0.1, -0.05) is 282 Å². The number of phosphoric ester groups is 1. The molecule has 3 unspecified atom stereocenters. The summed E-state index contributed by atoms with van der Waals surface area (Å²) < 4.78 is 30.8. The second kappa shape index (κ2) is 57.2. The van der Waals surface area contributed by atoms with Gasteiger partial charge in [-0.15, -0.1) is 0 Å². The summed E-state index contributed by atoms with van der Waals surface area (Å²) in [5.74, 6) is -0.496. The Morgan fingerprint density at radius 1 is 0.455 bits per heavy atom. The van der Waals surface area contributed by atoms with Crippen molar-refractivity contribution in [2.45, 2.75) is 328 Å². The highest BCUT2D eigenvalue weighted by Gasteiger charge is 2.30. The predicted octanol–water partition coefficient (Wildman–Crippen LogP) is 20.5. The molecular formula is C67H128N2O7P+. The minimum absolute atomic E-state index is 0.0412. The zero-order chi connectivity index (χ0) is 56.4. The van der Waals surface area contributed by atoms with Crippen LogP contribution in [-0.2, 0) is 27.9 Å². The van der Waals surface area contributed by atoms with Gasteiger partial charge in [0.15, 0.2) is 0 Å². The maximum atomic E-state index is 13.6. The molecule has 0 aliphatic heterocycles. The standard InChI is InChI=1S/C67H127N2O7P/c1-7-10-13-16-19-22-25-28-30-31-32-33-34-35-36-37-39-42-45-48-51-54-57-60-67(71)76-65(58-55-52-49-46-43-40-27-24-21-18-15-12-9-3)64(63-75-77(72,73)74-62-61-69(4,5)6)68-66(70)59-56-53-50-47-44-41-38-29-26-23-20-17-14-11-8-2/h19,22,28,30,32-33,55,58,64-65H,7-18,20-21,23-27,29,31,34-54,56-57,59-63H2,1-6H3,(H-,68,70,72,73)/p+1/b22-19-,30-28-,33-32-,58-55+. The van der Waals surface area contributed by atoms with Gasteiger partial charge in [-0.2, -0.15) is 0 Å². The molecule has 3 atom stereocenters. The van der Waals surface area contributed by atoms with Crippen LogP contribution in [0.5, 0.6) is 0 Å². The van der Waals surface area contributed by atoms with Crippen LogP contribution in [0.3, 0.4) is 0 Å². The Bertz CT molecular complexity index is 1460. The second-order valence-electron chi connectivity index (χ2n) is 23.6. The molecule has 1 amide bonds. The van der Waals surface area contributed by atoms with Crippen molar-refractivity contribution in [3.8, 4) is 0 Å². The van der Waals surface area contributed by atoms with Crippen LogP contribution in [0.4, 0.5) is 0 Å². The Balaban J connectivity index is 5.17. The van der Waals surface area contributed by atoms with E-state index in [1.807, 2.05) is 33.3 Å². The van der Waals surface area contributed by atoms with Crippen LogP contribution in [0.25, 0.3) is 0 Å². The van der Waals surface area contributed by atoms with E-state index in [0.29, 0.717) is 17.4 Å². The van der Waals surface area contributed by atoms with Crippen molar-refractivity contribution in [1.82, 2.24) is 5.32 Å². The molecule has 77 heavy (non-hydrogen) atoms. The molecule has 0 aromatic rings. The molecule has 0 saturated heterocycles. The molecule has 0 rings (SSSR count). The molecule has 0 bridgehead atoms. The summed E-state index contributed by atoms with van der Waals surface area (Å²) >= 11 is 0. The number of amides is 1. The molecule has 0 aliphatic rings. The molecule has 0 saturated carbocycles. The van der Waals surface area contributed by atoms with Gasteiger partial charge in [0.05, 0.1) is 33.8 Å². The largest absolute Gasteiger partial charge is 0.472 e. The number of hydrogen-bond acceptors (Lipinski definition) is 6. The van der Waals surface area contributed by atoms with Crippen LogP contribution in [0.2, 0.25) is 0 Å². The number of hydrogen-bond donors (Lipinski definition) is 2. The SMILES string of the molecule is CCCCC/C=C\C/C=C\C/C=C\CCCCCCCCCCCCC(=O)OC(/C=C/CCCCCCCCCCCCC)C(COP(=O)(O)OCC[N+](C)(C)C)NC(=O)CCCCCCCCCCCCCCCCC. The van der Waals surface area contributed by atoms with E-state index in [0.717, 1.165) is 70.6 Å². The number of phosphoric acid groups is 1. The van der Waals surface area contributed by atoms with Gasteiger partial charge in [0.25, 0.3) is 0 Å². The molecule has 0 spiro atoms. The van der Waals surface area contributed by atoms with Gasteiger partial charge in [-0.3, -0.25) is 18.6 Å². The van der Waals surface area contributed by atoms with E-state index in [1.54, 1.807) is 0 Å². The number of esters is 1. The van der Waals surface area contributed by atoms with E-state index < -0.39 is 20.0 Å². The Kier molecular flexibility index (Phi) is 55.7.